The minimum atomic E-state index is -0.390. The molecular weight excluding hydrogens is 350 g/mol. The Morgan fingerprint density at radius 2 is 1.86 bits per heavy atom. The zero-order chi connectivity index (χ0) is 19.5. The van der Waals surface area contributed by atoms with Crippen LogP contribution in [-0.2, 0) is 17.8 Å². The number of carbonyl (C=O) groups is 1. The van der Waals surface area contributed by atoms with Crippen molar-refractivity contribution in [2.75, 3.05) is 7.05 Å². The highest BCUT2D eigenvalue weighted by molar-refractivity contribution is 5.74. The fourth-order valence-electron chi connectivity index (χ4n) is 3.45. The van der Waals surface area contributed by atoms with Crippen LogP contribution in [0.15, 0.2) is 72.8 Å². The van der Waals surface area contributed by atoms with Crippen molar-refractivity contribution in [3.05, 3.63) is 89.5 Å². The van der Waals surface area contributed by atoms with E-state index in [4.69, 9.17) is 9.47 Å². The Bertz CT molecular complexity index is 984. The summed E-state index contributed by atoms with van der Waals surface area (Å²) in [5, 5.41) is 0. The third-order valence-electron chi connectivity index (χ3n) is 5.00. The molecule has 1 atom stereocenters. The van der Waals surface area contributed by atoms with Gasteiger partial charge in [-0.3, -0.25) is 4.90 Å². The van der Waals surface area contributed by atoms with Crippen LogP contribution in [0.5, 0.6) is 5.75 Å². The van der Waals surface area contributed by atoms with Gasteiger partial charge in [0.25, 0.3) is 0 Å². The quantitative estimate of drug-likeness (QED) is 0.632. The summed E-state index contributed by atoms with van der Waals surface area (Å²) in [4.78, 5) is 14.0. The lowest BCUT2D eigenvalue weighted by atomic mass is 10.00. The molecule has 0 aliphatic carbocycles. The fraction of sp³-hybridized carbons (Fsp3) is 0.208. The molecule has 0 saturated heterocycles. The second-order valence-corrected chi connectivity index (χ2v) is 7.09. The molecule has 0 spiro atoms. The van der Waals surface area contributed by atoms with Gasteiger partial charge in [-0.05, 0) is 18.1 Å². The van der Waals surface area contributed by atoms with E-state index < -0.39 is 6.09 Å². The van der Waals surface area contributed by atoms with Crippen LogP contribution >= 0.6 is 0 Å². The van der Waals surface area contributed by atoms with Crippen LogP contribution in [0.25, 0.3) is 11.1 Å². The molecule has 1 heterocycles. The van der Waals surface area contributed by atoms with Crippen LogP contribution in [-0.4, -0.2) is 24.3 Å². The molecule has 3 aromatic carbocycles. The Kier molecular flexibility index (Phi) is 5.02. The third kappa shape index (κ3) is 3.72. The number of carbonyl (C=O) groups excluding carboxylic acids is 1. The summed E-state index contributed by atoms with van der Waals surface area (Å²) >= 11 is 0. The molecule has 4 rings (SSSR count). The number of benzene rings is 3. The van der Waals surface area contributed by atoms with Crippen molar-refractivity contribution < 1.29 is 14.3 Å². The Labute approximate surface area is 165 Å². The first-order chi connectivity index (χ1) is 13.6. The maximum absolute atomic E-state index is 12.5. The van der Waals surface area contributed by atoms with Crippen molar-refractivity contribution in [1.82, 2.24) is 4.90 Å². The van der Waals surface area contributed by atoms with Crippen LogP contribution in [0, 0.1) is 6.92 Å². The number of nitrogens with zero attached hydrogens (tertiary/aromatic N) is 1. The third-order valence-corrected chi connectivity index (χ3v) is 5.00. The van der Waals surface area contributed by atoms with E-state index in [0.717, 1.165) is 28.0 Å². The van der Waals surface area contributed by atoms with Gasteiger partial charge in [-0.25, -0.2) is 4.79 Å². The van der Waals surface area contributed by atoms with Crippen molar-refractivity contribution in [3.63, 3.8) is 0 Å². The number of ether oxygens (including phenoxy) is 2. The van der Waals surface area contributed by atoms with E-state index in [1.807, 2.05) is 42.5 Å². The zero-order valence-electron chi connectivity index (χ0n) is 16.1. The van der Waals surface area contributed by atoms with E-state index >= 15 is 0 Å². The summed E-state index contributed by atoms with van der Waals surface area (Å²) in [5.74, 6) is 0.848. The summed E-state index contributed by atoms with van der Waals surface area (Å²) in [6, 6.07) is 24.2. The summed E-state index contributed by atoms with van der Waals surface area (Å²) in [5.41, 5.74) is 5.43. The van der Waals surface area contributed by atoms with Gasteiger partial charge in [-0.2, -0.15) is 0 Å². The zero-order valence-corrected chi connectivity index (χ0v) is 16.1. The molecule has 28 heavy (non-hydrogen) atoms. The standard InChI is InChI=1S/C24H23NO3/c1-17-8-6-11-19(14-17)21-13-7-12-20-15-22(28-23(20)21)25(2)24(26)27-16-18-9-4-3-5-10-18/h3-14,22H,15-16H2,1-2H3. The molecule has 0 radical (unpaired) electrons. The summed E-state index contributed by atoms with van der Waals surface area (Å²) in [6.45, 7) is 2.32. The number of aryl methyl sites for hydroxylation is 1. The lowest BCUT2D eigenvalue weighted by molar-refractivity contribution is 0.0376. The van der Waals surface area contributed by atoms with Crippen molar-refractivity contribution in [1.29, 1.82) is 0 Å². The number of hydrogen-bond acceptors (Lipinski definition) is 3. The Morgan fingerprint density at radius 3 is 2.64 bits per heavy atom. The van der Waals surface area contributed by atoms with Gasteiger partial charge >= 0.3 is 6.09 Å². The first-order valence-electron chi connectivity index (χ1n) is 9.41. The topological polar surface area (TPSA) is 38.8 Å². The number of fused-ring (bicyclic) bond motifs is 1. The smallest absolute Gasteiger partial charge is 0.412 e. The molecule has 0 bridgehead atoms. The monoisotopic (exact) mass is 373 g/mol. The van der Waals surface area contributed by atoms with Gasteiger partial charge in [0.15, 0.2) is 6.23 Å². The SMILES string of the molecule is Cc1cccc(-c2cccc3c2OC(N(C)C(=O)OCc2ccccc2)C3)c1. The van der Waals surface area contributed by atoms with Gasteiger partial charge in [0.05, 0.1) is 0 Å². The van der Waals surface area contributed by atoms with E-state index in [1.165, 1.54) is 10.5 Å². The molecule has 1 amide bonds. The molecule has 0 N–H and O–H groups in total. The van der Waals surface area contributed by atoms with Gasteiger partial charge in [0.1, 0.15) is 12.4 Å². The molecule has 1 unspecified atom stereocenters. The Balaban J connectivity index is 1.47. The highest BCUT2D eigenvalue weighted by Crippen LogP contribution is 2.39. The molecule has 4 nitrogen and oxygen atoms in total. The van der Waals surface area contributed by atoms with Crippen LogP contribution in [0.3, 0.4) is 0 Å². The summed E-state index contributed by atoms with van der Waals surface area (Å²) < 4.78 is 11.6. The predicted octanol–water partition coefficient (Wildman–Crippen LogP) is 5.19. The van der Waals surface area contributed by atoms with E-state index in [-0.39, 0.29) is 12.8 Å². The van der Waals surface area contributed by atoms with Crippen LogP contribution in [0.1, 0.15) is 16.7 Å². The fourth-order valence-corrected chi connectivity index (χ4v) is 3.45. The minimum absolute atomic E-state index is 0.248. The van der Waals surface area contributed by atoms with Gasteiger partial charge in [0.2, 0.25) is 0 Å². The van der Waals surface area contributed by atoms with Gasteiger partial charge in [-0.1, -0.05) is 78.4 Å². The van der Waals surface area contributed by atoms with Gasteiger partial charge in [-0.15, -0.1) is 0 Å². The molecular formula is C24H23NO3. The number of likely N-dealkylation sites (N-methyl/N-ethyl adjacent to an activating group) is 1. The normalized spacial score (nSPS) is 14.9. The lowest BCUT2D eigenvalue weighted by Crippen LogP contribution is -2.40. The molecule has 0 aromatic heterocycles. The van der Waals surface area contributed by atoms with E-state index in [0.29, 0.717) is 6.42 Å². The van der Waals surface area contributed by atoms with Gasteiger partial charge < -0.3 is 9.47 Å². The molecule has 0 saturated carbocycles. The first kappa shape index (κ1) is 18.1. The Morgan fingerprint density at radius 1 is 1.07 bits per heavy atom. The van der Waals surface area contributed by atoms with Gasteiger partial charge in [0, 0.05) is 24.6 Å². The van der Waals surface area contributed by atoms with E-state index in [9.17, 15) is 4.79 Å². The second kappa shape index (κ2) is 7.77. The number of para-hydroxylation sites is 1. The van der Waals surface area contributed by atoms with Crippen LogP contribution in [0.2, 0.25) is 0 Å². The average molecular weight is 373 g/mol. The van der Waals surface area contributed by atoms with Crippen molar-refractivity contribution >= 4 is 6.09 Å². The molecule has 3 aromatic rings. The second-order valence-electron chi connectivity index (χ2n) is 7.09. The largest absolute Gasteiger partial charge is 0.469 e. The van der Waals surface area contributed by atoms with E-state index in [1.54, 1.807) is 7.05 Å². The lowest BCUT2D eigenvalue weighted by Gasteiger charge is -2.23. The summed E-state index contributed by atoms with van der Waals surface area (Å²) in [6.07, 6.45) is -0.116. The average Bonchev–Trinajstić information content (AvgIpc) is 3.16. The van der Waals surface area contributed by atoms with Crippen LogP contribution < -0.4 is 4.74 Å². The number of hydrogen-bond donors (Lipinski definition) is 0. The van der Waals surface area contributed by atoms with Crippen molar-refractivity contribution in [3.8, 4) is 16.9 Å². The molecule has 142 valence electrons. The predicted molar refractivity (Wildman–Crippen MR) is 109 cm³/mol. The number of rotatable bonds is 4. The minimum Gasteiger partial charge on any atom is -0.469 e. The van der Waals surface area contributed by atoms with Crippen LogP contribution in [0.4, 0.5) is 4.79 Å². The highest BCUT2D eigenvalue weighted by atomic mass is 16.6. The van der Waals surface area contributed by atoms with Crippen molar-refractivity contribution in [2.45, 2.75) is 26.2 Å². The highest BCUT2D eigenvalue weighted by Gasteiger charge is 2.31. The molecule has 1 aliphatic heterocycles. The molecule has 0 fully saturated rings. The number of amides is 1. The molecule has 1 aliphatic rings. The van der Waals surface area contributed by atoms with Crippen molar-refractivity contribution in [2.24, 2.45) is 0 Å². The maximum Gasteiger partial charge on any atom is 0.412 e. The Hall–Kier alpha value is -3.27. The molecule has 4 heteroatoms. The maximum atomic E-state index is 12.5. The first-order valence-corrected chi connectivity index (χ1v) is 9.41. The summed E-state index contributed by atoms with van der Waals surface area (Å²) in [7, 11) is 1.72. The van der Waals surface area contributed by atoms with E-state index in [2.05, 4.69) is 37.3 Å².